The Hall–Kier alpha value is -1.02. The van der Waals surface area contributed by atoms with Crippen LogP contribution in [0.3, 0.4) is 0 Å². The van der Waals surface area contributed by atoms with Crippen molar-refractivity contribution in [3.05, 3.63) is 34.7 Å². The van der Waals surface area contributed by atoms with Crippen LogP contribution in [0.25, 0.3) is 5.65 Å². The molecule has 13 heavy (non-hydrogen) atoms. The zero-order valence-electron chi connectivity index (χ0n) is 7.13. The number of halogens is 1. The Morgan fingerprint density at radius 3 is 3.15 bits per heavy atom. The standard InChI is InChI=1S/C10H9ClN2/c11-7-4-5-10-12-8-2-1-3-9(8)13(10)6-7/h4-6H,1-3H2. The highest BCUT2D eigenvalue weighted by Gasteiger charge is 2.17. The van der Waals surface area contributed by atoms with Crippen LogP contribution in [0.4, 0.5) is 0 Å². The average molecular weight is 193 g/mol. The third-order valence-electron chi connectivity index (χ3n) is 2.59. The SMILES string of the molecule is Clc1ccc2nc3c(n2c1)CCC3. The highest BCUT2D eigenvalue weighted by molar-refractivity contribution is 6.30. The Bertz CT molecular complexity index is 473. The summed E-state index contributed by atoms with van der Waals surface area (Å²) in [5.41, 5.74) is 3.62. The quantitative estimate of drug-likeness (QED) is 0.627. The van der Waals surface area contributed by atoms with Gasteiger partial charge in [0.25, 0.3) is 0 Å². The van der Waals surface area contributed by atoms with E-state index in [1.54, 1.807) is 0 Å². The van der Waals surface area contributed by atoms with Crippen molar-refractivity contribution in [2.75, 3.05) is 0 Å². The van der Waals surface area contributed by atoms with Gasteiger partial charge >= 0.3 is 0 Å². The first-order chi connectivity index (χ1) is 6.34. The highest BCUT2D eigenvalue weighted by atomic mass is 35.5. The Kier molecular flexibility index (Phi) is 1.41. The van der Waals surface area contributed by atoms with Crippen LogP contribution < -0.4 is 0 Å². The maximum atomic E-state index is 5.93. The highest BCUT2D eigenvalue weighted by Crippen LogP contribution is 2.23. The molecule has 1 aliphatic carbocycles. The lowest BCUT2D eigenvalue weighted by Gasteiger charge is -1.97. The molecule has 2 aromatic rings. The van der Waals surface area contributed by atoms with Crippen LogP contribution in [0.2, 0.25) is 5.02 Å². The van der Waals surface area contributed by atoms with Gasteiger partial charge in [0.05, 0.1) is 10.7 Å². The summed E-state index contributed by atoms with van der Waals surface area (Å²) in [6.45, 7) is 0. The lowest BCUT2D eigenvalue weighted by molar-refractivity contribution is 0.869. The molecule has 0 bridgehead atoms. The van der Waals surface area contributed by atoms with Crippen LogP contribution in [-0.2, 0) is 12.8 Å². The van der Waals surface area contributed by atoms with E-state index in [1.165, 1.54) is 17.8 Å². The summed E-state index contributed by atoms with van der Waals surface area (Å²) in [7, 11) is 0. The molecular formula is C10H9ClN2. The number of rotatable bonds is 0. The summed E-state index contributed by atoms with van der Waals surface area (Å²) in [5, 5.41) is 0.777. The predicted octanol–water partition coefficient (Wildman–Crippen LogP) is 2.48. The van der Waals surface area contributed by atoms with E-state index in [-0.39, 0.29) is 0 Å². The molecular weight excluding hydrogens is 184 g/mol. The maximum absolute atomic E-state index is 5.93. The summed E-state index contributed by atoms with van der Waals surface area (Å²) in [5.74, 6) is 0. The van der Waals surface area contributed by atoms with Crippen LogP contribution in [0.15, 0.2) is 18.3 Å². The largest absolute Gasteiger partial charge is 0.302 e. The third-order valence-corrected chi connectivity index (χ3v) is 2.82. The van der Waals surface area contributed by atoms with E-state index in [4.69, 9.17) is 11.6 Å². The number of fused-ring (bicyclic) bond motifs is 3. The molecule has 1 aliphatic rings. The molecule has 0 saturated heterocycles. The van der Waals surface area contributed by atoms with Crippen molar-refractivity contribution < 1.29 is 0 Å². The van der Waals surface area contributed by atoms with E-state index in [2.05, 4.69) is 9.38 Å². The van der Waals surface area contributed by atoms with Crippen molar-refractivity contribution >= 4 is 17.2 Å². The summed E-state index contributed by atoms with van der Waals surface area (Å²) >= 11 is 5.93. The van der Waals surface area contributed by atoms with Crippen LogP contribution in [0, 0.1) is 0 Å². The minimum atomic E-state index is 0.777. The summed E-state index contributed by atoms with van der Waals surface area (Å²) < 4.78 is 2.12. The first-order valence-corrected chi connectivity index (χ1v) is 4.88. The number of aryl methyl sites for hydroxylation is 2. The van der Waals surface area contributed by atoms with Crippen molar-refractivity contribution in [1.82, 2.24) is 9.38 Å². The van der Waals surface area contributed by atoms with Gasteiger partial charge in [-0.2, -0.15) is 0 Å². The minimum absolute atomic E-state index is 0.777. The van der Waals surface area contributed by atoms with Gasteiger partial charge in [0, 0.05) is 11.9 Å². The molecule has 0 radical (unpaired) electrons. The molecule has 0 saturated carbocycles. The van der Waals surface area contributed by atoms with Gasteiger partial charge in [-0.05, 0) is 31.4 Å². The molecule has 0 unspecified atom stereocenters. The van der Waals surface area contributed by atoms with Crippen LogP contribution in [0.1, 0.15) is 17.8 Å². The monoisotopic (exact) mass is 192 g/mol. The van der Waals surface area contributed by atoms with Crippen molar-refractivity contribution in [3.63, 3.8) is 0 Å². The van der Waals surface area contributed by atoms with Crippen molar-refractivity contribution in [1.29, 1.82) is 0 Å². The summed E-state index contributed by atoms with van der Waals surface area (Å²) in [6, 6.07) is 3.86. The second kappa shape index (κ2) is 2.48. The second-order valence-electron chi connectivity index (χ2n) is 3.43. The van der Waals surface area contributed by atoms with Crippen LogP contribution in [-0.4, -0.2) is 9.38 Å². The Morgan fingerprint density at radius 2 is 2.23 bits per heavy atom. The molecule has 66 valence electrons. The number of imidazole rings is 1. The van der Waals surface area contributed by atoms with E-state index in [1.807, 2.05) is 18.3 Å². The van der Waals surface area contributed by atoms with Crippen molar-refractivity contribution in [2.45, 2.75) is 19.3 Å². The van der Waals surface area contributed by atoms with Crippen LogP contribution >= 0.6 is 11.6 Å². The van der Waals surface area contributed by atoms with Gasteiger partial charge in [-0.1, -0.05) is 11.6 Å². The van der Waals surface area contributed by atoms with Gasteiger partial charge in [0.1, 0.15) is 5.65 Å². The van der Waals surface area contributed by atoms with Gasteiger partial charge in [-0.15, -0.1) is 0 Å². The first-order valence-electron chi connectivity index (χ1n) is 4.50. The smallest absolute Gasteiger partial charge is 0.137 e. The molecule has 3 heteroatoms. The Morgan fingerprint density at radius 1 is 1.31 bits per heavy atom. The fourth-order valence-corrected chi connectivity index (χ4v) is 2.16. The van der Waals surface area contributed by atoms with E-state index in [0.29, 0.717) is 0 Å². The number of nitrogens with zero attached hydrogens (tertiary/aromatic N) is 2. The Labute approximate surface area is 81.2 Å². The first kappa shape index (κ1) is 7.39. The van der Waals surface area contributed by atoms with Crippen molar-refractivity contribution in [2.24, 2.45) is 0 Å². The fraction of sp³-hybridized carbons (Fsp3) is 0.300. The molecule has 0 aliphatic heterocycles. The van der Waals surface area contributed by atoms with Gasteiger partial charge in [-0.25, -0.2) is 4.98 Å². The maximum Gasteiger partial charge on any atom is 0.137 e. The number of hydrogen-bond acceptors (Lipinski definition) is 1. The molecule has 0 fully saturated rings. The molecule has 2 heterocycles. The average Bonchev–Trinajstić information content (AvgIpc) is 2.64. The lowest BCUT2D eigenvalue weighted by Crippen LogP contribution is -1.89. The minimum Gasteiger partial charge on any atom is -0.302 e. The molecule has 0 N–H and O–H groups in total. The molecule has 0 aromatic carbocycles. The van der Waals surface area contributed by atoms with E-state index >= 15 is 0 Å². The Balaban J connectivity index is 2.40. The lowest BCUT2D eigenvalue weighted by atomic mass is 10.3. The van der Waals surface area contributed by atoms with Crippen molar-refractivity contribution in [3.8, 4) is 0 Å². The topological polar surface area (TPSA) is 17.3 Å². The second-order valence-corrected chi connectivity index (χ2v) is 3.87. The molecule has 0 atom stereocenters. The zero-order valence-corrected chi connectivity index (χ0v) is 7.88. The molecule has 2 nitrogen and oxygen atoms in total. The third kappa shape index (κ3) is 0.985. The summed E-state index contributed by atoms with van der Waals surface area (Å²) in [4.78, 5) is 4.54. The normalized spacial score (nSPS) is 15.2. The van der Waals surface area contributed by atoms with Gasteiger partial charge < -0.3 is 4.40 Å². The molecule has 3 rings (SSSR count). The number of pyridine rings is 1. The van der Waals surface area contributed by atoms with E-state index in [0.717, 1.165) is 23.5 Å². The molecule has 2 aromatic heterocycles. The fourth-order valence-electron chi connectivity index (χ4n) is 2.00. The summed E-state index contributed by atoms with van der Waals surface area (Å²) in [6.07, 6.45) is 5.44. The number of hydrogen-bond donors (Lipinski definition) is 0. The van der Waals surface area contributed by atoms with E-state index in [9.17, 15) is 0 Å². The zero-order chi connectivity index (χ0) is 8.84. The molecule has 0 spiro atoms. The number of aromatic nitrogens is 2. The molecule has 0 amide bonds. The van der Waals surface area contributed by atoms with Gasteiger partial charge in [0.15, 0.2) is 0 Å². The van der Waals surface area contributed by atoms with E-state index < -0.39 is 0 Å². The van der Waals surface area contributed by atoms with Crippen LogP contribution in [0.5, 0.6) is 0 Å². The van der Waals surface area contributed by atoms with Gasteiger partial charge in [0.2, 0.25) is 0 Å². The van der Waals surface area contributed by atoms with Gasteiger partial charge in [-0.3, -0.25) is 0 Å². The predicted molar refractivity (Wildman–Crippen MR) is 52.2 cm³/mol.